The summed E-state index contributed by atoms with van der Waals surface area (Å²) < 4.78 is 0. The van der Waals surface area contributed by atoms with E-state index in [2.05, 4.69) is 52.8 Å². The molecule has 25 nitrogen and oxygen atoms in total. The molecule has 0 aliphatic heterocycles. The van der Waals surface area contributed by atoms with E-state index in [1.807, 2.05) is 13.8 Å². The molecule has 0 rings (SSSR count). The van der Waals surface area contributed by atoms with Crippen LogP contribution in [0.3, 0.4) is 0 Å². The molecule has 0 saturated carbocycles. The Morgan fingerprint density at radius 3 is 1.35 bits per heavy atom. The van der Waals surface area contributed by atoms with Gasteiger partial charge in [0.25, 0.3) is 0 Å². The first kappa shape index (κ1) is 55.9. The maximum Gasteiger partial charge on any atom is 0.243 e. The smallest absolute Gasteiger partial charge is 0.243 e. The molecule has 0 fully saturated rings. The second-order valence-corrected chi connectivity index (χ2v) is 15.3. The van der Waals surface area contributed by atoms with Crippen LogP contribution < -0.4 is 76.5 Å². The minimum atomic E-state index is -1.11. The third kappa shape index (κ3) is 26.9. The SMILES string of the molecule is CC(C)C[C@H](NC(=O)CNC(=O)CNC(=O)[C@H](C)NC(=O)CNC(=O)[C@@H](N)CCCN=C(N)N)C(=O)NCC(=O)N[C@@H](CC(C)C)C(=O)NCC(=O)N[C@@H](CCCCN)C(N)=O. The number of hydrogen-bond acceptors (Lipinski definition) is 13. The van der Waals surface area contributed by atoms with Gasteiger partial charge in [0.1, 0.15) is 24.2 Å². The van der Waals surface area contributed by atoms with Gasteiger partial charge in [0.2, 0.25) is 59.1 Å². The van der Waals surface area contributed by atoms with E-state index in [-0.39, 0.29) is 50.0 Å². The van der Waals surface area contributed by atoms with E-state index in [9.17, 15) is 47.9 Å². The van der Waals surface area contributed by atoms with Crippen LogP contribution in [0.2, 0.25) is 0 Å². The van der Waals surface area contributed by atoms with Crippen LogP contribution in [0, 0.1) is 11.8 Å². The molecule has 5 atom stereocenters. The summed E-state index contributed by atoms with van der Waals surface area (Å²) in [7, 11) is 0. The minimum Gasteiger partial charge on any atom is -0.370 e. The molecular weight excluding hydrogens is 815 g/mol. The molecule has 10 amide bonds. The fourth-order valence-corrected chi connectivity index (χ4v) is 5.37. The molecule has 0 spiro atoms. The number of hydrogen-bond donors (Lipinski definition) is 14. The number of amides is 10. The lowest BCUT2D eigenvalue weighted by molar-refractivity contribution is -0.133. The molecule has 0 bridgehead atoms. The number of guanidine groups is 1. The van der Waals surface area contributed by atoms with Gasteiger partial charge in [-0.1, -0.05) is 27.7 Å². The van der Waals surface area contributed by atoms with Crippen molar-refractivity contribution in [2.75, 3.05) is 45.8 Å². The Labute approximate surface area is 361 Å². The van der Waals surface area contributed by atoms with Crippen LogP contribution >= 0.6 is 0 Å². The van der Waals surface area contributed by atoms with Gasteiger partial charge in [-0.15, -0.1) is 0 Å². The van der Waals surface area contributed by atoms with Crippen molar-refractivity contribution in [2.45, 2.75) is 110 Å². The molecule has 62 heavy (non-hydrogen) atoms. The quantitative estimate of drug-likeness (QED) is 0.0175. The Balaban J connectivity index is 4.93. The lowest BCUT2D eigenvalue weighted by atomic mass is 10.0. The van der Waals surface area contributed by atoms with Crippen molar-refractivity contribution in [1.29, 1.82) is 0 Å². The van der Waals surface area contributed by atoms with Crippen LogP contribution in [0.1, 0.15) is 79.6 Å². The molecule has 0 aliphatic rings. The number of nitrogens with zero attached hydrogens (tertiary/aromatic N) is 1. The number of aliphatic imine (C=N–C) groups is 1. The van der Waals surface area contributed by atoms with Crippen molar-refractivity contribution in [3.63, 3.8) is 0 Å². The summed E-state index contributed by atoms with van der Waals surface area (Å²) in [5.41, 5.74) is 27.1. The Hall–Kier alpha value is -6.11. The Kier molecular flexibility index (Phi) is 27.8. The van der Waals surface area contributed by atoms with Crippen LogP contribution in [-0.4, -0.2) is 141 Å². The van der Waals surface area contributed by atoms with Crippen molar-refractivity contribution >= 4 is 65.0 Å². The molecular formula is C37H69N15O10. The lowest BCUT2D eigenvalue weighted by Crippen LogP contribution is -2.54. The molecule has 19 N–H and O–H groups in total. The van der Waals surface area contributed by atoms with Crippen molar-refractivity contribution < 1.29 is 47.9 Å². The molecule has 0 heterocycles. The second kappa shape index (κ2) is 30.8. The van der Waals surface area contributed by atoms with Crippen molar-refractivity contribution in [3.05, 3.63) is 0 Å². The fourth-order valence-electron chi connectivity index (χ4n) is 5.37. The van der Waals surface area contributed by atoms with Gasteiger partial charge in [0.15, 0.2) is 5.96 Å². The van der Waals surface area contributed by atoms with Crippen molar-refractivity contribution in [3.8, 4) is 0 Å². The third-order valence-corrected chi connectivity index (χ3v) is 8.56. The summed E-state index contributed by atoms with van der Waals surface area (Å²) in [5, 5.41) is 21.7. The second-order valence-electron chi connectivity index (χ2n) is 15.3. The zero-order chi connectivity index (χ0) is 47.4. The highest BCUT2D eigenvalue weighted by atomic mass is 16.2. The van der Waals surface area contributed by atoms with Gasteiger partial charge in [-0.25, -0.2) is 0 Å². The summed E-state index contributed by atoms with van der Waals surface area (Å²) in [6, 6.07) is -5.13. The van der Waals surface area contributed by atoms with E-state index in [4.69, 9.17) is 28.7 Å². The van der Waals surface area contributed by atoms with Gasteiger partial charge in [0, 0.05) is 6.54 Å². The minimum absolute atomic E-state index is 0.0614. The number of carbonyl (C=O) groups is 10. The van der Waals surface area contributed by atoms with Gasteiger partial charge >= 0.3 is 0 Å². The van der Waals surface area contributed by atoms with Gasteiger partial charge in [0.05, 0.1) is 38.8 Å². The van der Waals surface area contributed by atoms with Crippen LogP contribution in [0.4, 0.5) is 0 Å². The predicted octanol–water partition coefficient (Wildman–Crippen LogP) is -6.39. The molecule has 25 heteroatoms. The first-order valence-electron chi connectivity index (χ1n) is 20.4. The Morgan fingerprint density at radius 2 is 0.903 bits per heavy atom. The number of rotatable bonds is 31. The summed E-state index contributed by atoms with van der Waals surface area (Å²) in [4.78, 5) is 129. The highest BCUT2D eigenvalue weighted by Gasteiger charge is 2.26. The van der Waals surface area contributed by atoms with Gasteiger partial charge < -0.3 is 76.5 Å². The molecule has 0 saturated heterocycles. The topological polar surface area (TPSA) is 421 Å². The largest absolute Gasteiger partial charge is 0.370 e. The number of unbranched alkanes of at least 4 members (excludes halogenated alkanes) is 1. The van der Waals surface area contributed by atoms with Crippen molar-refractivity contribution in [1.82, 2.24) is 47.9 Å². The van der Waals surface area contributed by atoms with Crippen molar-refractivity contribution in [2.24, 2.45) is 45.5 Å². The van der Waals surface area contributed by atoms with E-state index < -0.39 is 122 Å². The highest BCUT2D eigenvalue weighted by molar-refractivity contribution is 5.96. The average Bonchev–Trinajstić information content (AvgIpc) is 3.19. The van der Waals surface area contributed by atoms with Gasteiger partial charge in [-0.3, -0.25) is 52.9 Å². The number of nitrogens with one attached hydrogen (secondary N) is 9. The highest BCUT2D eigenvalue weighted by Crippen LogP contribution is 2.07. The van der Waals surface area contributed by atoms with E-state index in [0.29, 0.717) is 25.8 Å². The maximum absolute atomic E-state index is 13.1. The van der Waals surface area contributed by atoms with Crippen LogP contribution in [-0.2, 0) is 47.9 Å². The summed E-state index contributed by atoms with van der Waals surface area (Å²) >= 11 is 0. The van der Waals surface area contributed by atoms with E-state index in [0.717, 1.165) is 0 Å². The van der Waals surface area contributed by atoms with E-state index >= 15 is 0 Å². The van der Waals surface area contributed by atoms with Crippen LogP contribution in [0.5, 0.6) is 0 Å². The lowest BCUT2D eigenvalue weighted by Gasteiger charge is -2.22. The predicted molar refractivity (Wildman–Crippen MR) is 227 cm³/mol. The summed E-state index contributed by atoms with van der Waals surface area (Å²) in [6.07, 6.45) is 2.52. The molecule has 352 valence electrons. The van der Waals surface area contributed by atoms with E-state index in [1.165, 1.54) is 6.92 Å². The molecule has 0 unspecified atom stereocenters. The van der Waals surface area contributed by atoms with Crippen LogP contribution in [0.25, 0.3) is 0 Å². The summed E-state index contributed by atoms with van der Waals surface area (Å²) in [5.74, 6) is -7.27. The maximum atomic E-state index is 13.1. The zero-order valence-corrected chi connectivity index (χ0v) is 36.4. The zero-order valence-electron chi connectivity index (χ0n) is 36.4. The number of nitrogens with two attached hydrogens (primary N) is 5. The molecule has 0 radical (unpaired) electrons. The van der Waals surface area contributed by atoms with E-state index in [1.54, 1.807) is 13.8 Å². The van der Waals surface area contributed by atoms with Gasteiger partial charge in [-0.05, 0) is 70.3 Å². The molecule has 0 aromatic heterocycles. The Morgan fingerprint density at radius 1 is 0.484 bits per heavy atom. The first-order valence-corrected chi connectivity index (χ1v) is 20.4. The summed E-state index contributed by atoms with van der Waals surface area (Å²) in [6.45, 7) is 6.62. The number of primary amides is 1. The average molecular weight is 884 g/mol. The normalized spacial score (nSPS) is 13.2. The van der Waals surface area contributed by atoms with Crippen LogP contribution in [0.15, 0.2) is 4.99 Å². The fraction of sp³-hybridized carbons (Fsp3) is 0.703. The van der Waals surface area contributed by atoms with Gasteiger partial charge in [-0.2, -0.15) is 0 Å². The first-order chi connectivity index (χ1) is 29.0. The molecule has 0 aromatic rings. The molecule has 0 aromatic carbocycles. The third-order valence-electron chi connectivity index (χ3n) is 8.56. The Bertz CT molecular complexity index is 1560. The number of carbonyl (C=O) groups excluding carboxylic acids is 10. The molecule has 0 aliphatic carbocycles. The monoisotopic (exact) mass is 884 g/mol. The standard InChI is InChI=1S/C37H69N15O10/c1-20(2)13-25(35(61)48-19-31(57)52-26(14-21(3)4)36(62)47-18-30(56)50-24(32(40)58)10-6-7-11-38)51-29(55)16-44-27(53)15-45-33(59)22(5)49-28(54)17-46-34(60)23(39)9-8-12-43-37(41)42/h20-26H,6-19,38-39H2,1-5H3,(H2,40,58)(H,44,53)(H,45,59)(H,46,60)(H,47,62)(H,48,61)(H,49,54)(H,50,56)(H,51,55)(H,52,57)(H4,41,42,43)/t22-,23-,24-,25-,26-/m0/s1.